The summed E-state index contributed by atoms with van der Waals surface area (Å²) < 4.78 is 0.530. The van der Waals surface area contributed by atoms with Crippen molar-refractivity contribution in [2.45, 2.75) is 33.6 Å². The molecule has 0 spiro atoms. The molecule has 0 atom stereocenters. The Morgan fingerprint density at radius 1 is 1.40 bits per heavy atom. The molecule has 0 saturated carbocycles. The highest BCUT2D eigenvalue weighted by molar-refractivity contribution is 9.10. The number of nitrogens with one attached hydrogen (secondary N) is 1. The summed E-state index contributed by atoms with van der Waals surface area (Å²) in [4.78, 5) is 23.6. The molecule has 2 aromatic heterocycles. The minimum atomic E-state index is -0.135. The number of nitrogens with zero attached hydrogens (tertiary/aromatic N) is 2. The first kappa shape index (κ1) is 14.9. The number of pyridine rings is 1. The standard InChI is InChI=1S/C15H18BrN3O/c1-4-10-8-17-6-5-11(10)14-18-12(7-9(2)3)13(16)15(20)19-14/h5-6,8-9H,4,7H2,1-3H3,(H,18,19,20). The molecule has 4 nitrogen and oxygen atoms in total. The third-order valence-corrected chi connectivity index (χ3v) is 3.89. The lowest BCUT2D eigenvalue weighted by Gasteiger charge is -2.10. The molecule has 106 valence electrons. The smallest absolute Gasteiger partial charge is 0.265 e. The molecule has 2 rings (SSSR count). The lowest BCUT2D eigenvalue weighted by atomic mass is 10.1. The molecule has 0 aliphatic rings. The molecule has 2 aromatic rings. The van der Waals surface area contributed by atoms with Gasteiger partial charge in [0.1, 0.15) is 10.3 Å². The third kappa shape index (κ3) is 3.15. The molecule has 20 heavy (non-hydrogen) atoms. The van der Waals surface area contributed by atoms with E-state index < -0.39 is 0 Å². The first-order chi connectivity index (χ1) is 9.52. The van der Waals surface area contributed by atoms with Gasteiger partial charge < -0.3 is 4.98 Å². The zero-order valence-corrected chi connectivity index (χ0v) is 13.5. The highest BCUT2D eigenvalue weighted by atomic mass is 79.9. The van der Waals surface area contributed by atoms with Crippen molar-refractivity contribution in [2.75, 3.05) is 0 Å². The number of hydrogen-bond acceptors (Lipinski definition) is 3. The van der Waals surface area contributed by atoms with E-state index in [0.29, 0.717) is 16.2 Å². The first-order valence-corrected chi connectivity index (χ1v) is 7.54. The summed E-state index contributed by atoms with van der Waals surface area (Å²) in [6, 6.07) is 1.89. The van der Waals surface area contributed by atoms with Crippen LogP contribution in [0.2, 0.25) is 0 Å². The molecule has 0 amide bonds. The Morgan fingerprint density at radius 3 is 2.80 bits per heavy atom. The summed E-state index contributed by atoms with van der Waals surface area (Å²) in [6.45, 7) is 6.28. The van der Waals surface area contributed by atoms with Crippen molar-refractivity contribution in [1.29, 1.82) is 0 Å². The van der Waals surface area contributed by atoms with E-state index in [1.54, 1.807) is 6.20 Å². The second-order valence-electron chi connectivity index (χ2n) is 5.16. The summed E-state index contributed by atoms with van der Waals surface area (Å²) >= 11 is 3.33. The van der Waals surface area contributed by atoms with Crippen LogP contribution in [0.25, 0.3) is 11.4 Å². The third-order valence-electron chi connectivity index (χ3n) is 3.07. The SMILES string of the molecule is CCc1cnccc1-c1nc(CC(C)C)c(Br)c(=O)[nH]1. The maximum absolute atomic E-state index is 12.1. The van der Waals surface area contributed by atoms with E-state index in [1.165, 1.54) is 0 Å². The van der Waals surface area contributed by atoms with Gasteiger partial charge in [-0.2, -0.15) is 0 Å². The second-order valence-corrected chi connectivity index (χ2v) is 5.95. The number of hydrogen-bond donors (Lipinski definition) is 1. The van der Waals surface area contributed by atoms with Crippen LogP contribution in [-0.4, -0.2) is 15.0 Å². The monoisotopic (exact) mass is 335 g/mol. The average molecular weight is 336 g/mol. The Bertz CT molecular complexity index is 664. The average Bonchev–Trinajstić information content (AvgIpc) is 2.43. The van der Waals surface area contributed by atoms with Gasteiger partial charge >= 0.3 is 0 Å². The lowest BCUT2D eigenvalue weighted by Crippen LogP contribution is -2.15. The van der Waals surface area contributed by atoms with Crippen LogP contribution in [0.4, 0.5) is 0 Å². The van der Waals surface area contributed by atoms with Gasteiger partial charge in [0.25, 0.3) is 5.56 Å². The Hall–Kier alpha value is -1.49. The summed E-state index contributed by atoms with van der Waals surface area (Å²) in [5.74, 6) is 1.06. The molecule has 1 N–H and O–H groups in total. The van der Waals surface area contributed by atoms with E-state index in [0.717, 1.165) is 29.7 Å². The van der Waals surface area contributed by atoms with Crippen molar-refractivity contribution in [3.63, 3.8) is 0 Å². The predicted molar refractivity (Wildman–Crippen MR) is 83.7 cm³/mol. The Morgan fingerprint density at radius 2 is 2.15 bits per heavy atom. The lowest BCUT2D eigenvalue weighted by molar-refractivity contribution is 0.631. The zero-order valence-electron chi connectivity index (χ0n) is 11.9. The topological polar surface area (TPSA) is 58.6 Å². The summed E-state index contributed by atoms with van der Waals surface area (Å²) in [6.07, 6.45) is 5.16. The molecule has 2 heterocycles. The van der Waals surface area contributed by atoms with Crippen LogP contribution in [0.5, 0.6) is 0 Å². The molecule has 0 unspecified atom stereocenters. The fraction of sp³-hybridized carbons (Fsp3) is 0.400. The van der Waals surface area contributed by atoms with E-state index in [1.807, 2.05) is 12.3 Å². The van der Waals surface area contributed by atoms with Crippen LogP contribution >= 0.6 is 15.9 Å². The molecule has 0 aromatic carbocycles. The van der Waals surface area contributed by atoms with Crippen LogP contribution in [-0.2, 0) is 12.8 Å². The molecule has 0 aliphatic carbocycles. The van der Waals surface area contributed by atoms with Gasteiger partial charge in [-0.3, -0.25) is 9.78 Å². The number of halogens is 1. The van der Waals surface area contributed by atoms with Gasteiger partial charge in [0.15, 0.2) is 0 Å². The van der Waals surface area contributed by atoms with Crippen molar-refractivity contribution < 1.29 is 0 Å². The van der Waals surface area contributed by atoms with E-state index in [4.69, 9.17) is 0 Å². The minimum Gasteiger partial charge on any atom is -0.306 e. The molecule has 5 heteroatoms. The molecule has 0 radical (unpaired) electrons. The van der Waals surface area contributed by atoms with E-state index >= 15 is 0 Å². The van der Waals surface area contributed by atoms with Crippen molar-refractivity contribution in [3.05, 3.63) is 44.5 Å². The Balaban J connectivity index is 2.58. The molecule has 0 aliphatic heterocycles. The first-order valence-electron chi connectivity index (χ1n) is 6.74. The largest absolute Gasteiger partial charge is 0.306 e. The summed E-state index contributed by atoms with van der Waals surface area (Å²) in [5, 5.41) is 0. The fourth-order valence-corrected chi connectivity index (χ4v) is 2.44. The molecule has 0 bridgehead atoms. The van der Waals surface area contributed by atoms with Crippen molar-refractivity contribution in [1.82, 2.24) is 15.0 Å². The van der Waals surface area contributed by atoms with Crippen molar-refractivity contribution in [3.8, 4) is 11.4 Å². The van der Waals surface area contributed by atoms with Crippen LogP contribution in [0.3, 0.4) is 0 Å². The van der Waals surface area contributed by atoms with Gasteiger partial charge in [0, 0.05) is 18.0 Å². The Labute approximate surface area is 126 Å². The molecule has 0 fully saturated rings. The van der Waals surface area contributed by atoms with Gasteiger partial charge in [0.05, 0.1) is 5.69 Å². The van der Waals surface area contributed by atoms with E-state index in [9.17, 15) is 4.79 Å². The van der Waals surface area contributed by atoms with Crippen LogP contribution in [0.1, 0.15) is 32.0 Å². The predicted octanol–water partition coefficient (Wildman–Crippen LogP) is 3.36. The number of aromatic amines is 1. The quantitative estimate of drug-likeness (QED) is 0.931. The van der Waals surface area contributed by atoms with E-state index in [2.05, 4.69) is 51.7 Å². The van der Waals surface area contributed by atoms with Gasteiger partial charge in [-0.15, -0.1) is 0 Å². The Kier molecular flexibility index (Phi) is 4.70. The van der Waals surface area contributed by atoms with Gasteiger partial charge in [-0.25, -0.2) is 4.98 Å². The maximum atomic E-state index is 12.1. The van der Waals surface area contributed by atoms with Crippen LogP contribution < -0.4 is 5.56 Å². The normalized spacial score (nSPS) is 11.1. The van der Waals surface area contributed by atoms with Crippen molar-refractivity contribution >= 4 is 15.9 Å². The summed E-state index contributed by atoms with van der Waals surface area (Å²) in [5.41, 5.74) is 2.69. The number of aromatic nitrogens is 3. The van der Waals surface area contributed by atoms with Crippen LogP contribution in [0.15, 0.2) is 27.7 Å². The zero-order chi connectivity index (χ0) is 14.7. The fourth-order valence-electron chi connectivity index (χ4n) is 2.09. The molecular formula is C15H18BrN3O. The minimum absolute atomic E-state index is 0.135. The van der Waals surface area contributed by atoms with Gasteiger partial charge in [-0.05, 0) is 46.3 Å². The number of H-pyrrole nitrogens is 1. The maximum Gasteiger partial charge on any atom is 0.265 e. The van der Waals surface area contributed by atoms with Gasteiger partial charge in [-0.1, -0.05) is 20.8 Å². The van der Waals surface area contributed by atoms with Gasteiger partial charge in [0.2, 0.25) is 0 Å². The molecule has 0 saturated heterocycles. The second kappa shape index (κ2) is 6.31. The van der Waals surface area contributed by atoms with Crippen molar-refractivity contribution in [2.24, 2.45) is 5.92 Å². The summed E-state index contributed by atoms with van der Waals surface area (Å²) in [7, 11) is 0. The molecular weight excluding hydrogens is 318 g/mol. The highest BCUT2D eigenvalue weighted by Gasteiger charge is 2.13. The number of rotatable bonds is 4. The van der Waals surface area contributed by atoms with Crippen LogP contribution in [0, 0.1) is 5.92 Å². The number of aryl methyl sites for hydroxylation is 1. The van der Waals surface area contributed by atoms with E-state index in [-0.39, 0.29) is 5.56 Å². The highest BCUT2D eigenvalue weighted by Crippen LogP contribution is 2.22.